The number of ether oxygens (including phenoxy) is 1. The van der Waals surface area contributed by atoms with E-state index in [4.69, 9.17) is 16.3 Å². The van der Waals surface area contributed by atoms with Crippen LogP contribution in [0.15, 0.2) is 42.5 Å². The van der Waals surface area contributed by atoms with Gasteiger partial charge in [-0.25, -0.2) is 9.18 Å². The monoisotopic (exact) mass is 404 g/mol. The van der Waals surface area contributed by atoms with Gasteiger partial charge >= 0.3 is 5.97 Å². The number of nitrogens with zero attached hydrogens (tertiary/aromatic N) is 1. The average Bonchev–Trinajstić information content (AvgIpc) is 2.71. The molecule has 1 unspecified atom stereocenters. The summed E-state index contributed by atoms with van der Waals surface area (Å²) in [7, 11) is 1.27. The van der Waals surface area contributed by atoms with Crippen molar-refractivity contribution in [1.82, 2.24) is 4.90 Å². The second kappa shape index (κ2) is 9.17. The summed E-state index contributed by atoms with van der Waals surface area (Å²) in [4.78, 5) is 26.6. The summed E-state index contributed by atoms with van der Waals surface area (Å²) >= 11 is 6.01. The minimum atomic E-state index is -0.560. The first kappa shape index (κ1) is 20.3. The van der Waals surface area contributed by atoms with Crippen molar-refractivity contribution < 1.29 is 18.7 Å². The molecule has 1 aliphatic heterocycles. The van der Waals surface area contributed by atoms with Crippen molar-refractivity contribution in [2.45, 2.75) is 19.4 Å². The first-order valence-electron chi connectivity index (χ1n) is 9.12. The van der Waals surface area contributed by atoms with E-state index in [1.807, 2.05) is 6.07 Å². The van der Waals surface area contributed by atoms with Gasteiger partial charge in [0.15, 0.2) is 0 Å². The number of likely N-dealkylation sites (tertiary alicyclic amines) is 1. The van der Waals surface area contributed by atoms with E-state index in [2.05, 4.69) is 10.2 Å². The maximum Gasteiger partial charge on any atom is 0.339 e. The highest BCUT2D eigenvalue weighted by molar-refractivity contribution is 6.33. The van der Waals surface area contributed by atoms with Crippen LogP contribution in [0.1, 0.15) is 28.8 Å². The number of rotatable bonds is 5. The average molecular weight is 405 g/mol. The molecule has 3 rings (SSSR count). The van der Waals surface area contributed by atoms with Gasteiger partial charge in [-0.3, -0.25) is 9.69 Å². The van der Waals surface area contributed by atoms with Crippen molar-refractivity contribution in [3.63, 3.8) is 0 Å². The van der Waals surface area contributed by atoms with E-state index < -0.39 is 5.97 Å². The molecule has 0 spiro atoms. The van der Waals surface area contributed by atoms with E-state index in [1.54, 1.807) is 24.3 Å². The summed E-state index contributed by atoms with van der Waals surface area (Å²) in [5.41, 5.74) is 1.32. The topological polar surface area (TPSA) is 58.6 Å². The lowest BCUT2D eigenvalue weighted by molar-refractivity contribution is -0.121. The zero-order valence-electron chi connectivity index (χ0n) is 15.6. The van der Waals surface area contributed by atoms with Gasteiger partial charge in [-0.2, -0.15) is 0 Å². The van der Waals surface area contributed by atoms with Crippen LogP contribution in [0.25, 0.3) is 0 Å². The fourth-order valence-corrected chi connectivity index (χ4v) is 3.59. The van der Waals surface area contributed by atoms with E-state index >= 15 is 0 Å². The van der Waals surface area contributed by atoms with Gasteiger partial charge in [0.1, 0.15) is 5.82 Å². The first-order valence-corrected chi connectivity index (χ1v) is 9.50. The zero-order chi connectivity index (χ0) is 20.1. The molecule has 1 amide bonds. The van der Waals surface area contributed by atoms with Gasteiger partial charge in [-0.1, -0.05) is 29.8 Å². The van der Waals surface area contributed by atoms with Crippen molar-refractivity contribution in [3.8, 4) is 0 Å². The number of esters is 1. The summed E-state index contributed by atoms with van der Waals surface area (Å²) in [6.07, 6.45) is 1.62. The Morgan fingerprint density at radius 1 is 1.29 bits per heavy atom. The fourth-order valence-electron chi connectivity index (χ4n) is 3.39. The molecule has 1 heterocycles. The molecule has 5 nitrogen and oxygen atoms in total. The number of piperidine rings is 1. The molecule has 148 valence electrons. The second-order valence-corrected chi connectivity index (χ2v) is 7.25. The van der Waals surface area contributed by atoms with Gasteiger partial charge in [0.25, 0.3) is 0 Å². The predicted octanol–water partition coefficient (Wildman–Crippen LogP) is 4.12. The number of carbonyl (C=O) groups excluding carboxylic acids is 2. The van der Waals surface area contributed by atoms with Crippen LogP contribution in [0.5, 0.6) is 0 Å². The van der Waals surface area contributed by atoms with Gasteiger partial charge in [-0.05, 0) is 43.7 Å². The predicted molar refractivity (Wildman–Crippen MR) is 106 cm³/mol. The molecule has 0 aromatic heterocycles. The van der Waals surface area contributed by atoms with E-state index in [0.717, 1.165) is 19.4 Å². The molecule has 0 aliphatic carbocycles. The number of methoxy groups -OCH3 is 1. The molecule has 1 atom stereocenters. The van der Waals surface area contributed by atoms with Crippen LogP contribution in [-0.2, 0) is 16.1 Å². The summed E-state index contributed by atoms with van der Waals surface area (Å²) < 4.78 is 18.6. The standard InChI is InChI=1S/C21H22ClFN2O3/c1-28-21(27)17-11-16(8-9-18(17)22)24-20(26)15-6-4-10-25(13-15)12-14-5-2-3-7-19(14)23/h2-3,5,7-9,11,15H,4,6,10,12-13H2,1H3,(H,24,26). The summed E-state index contributed by atoms with van der Waals surface area (Å²) in [6, 6.07) is 11.4. The van der Waals surface area contributed by atoms with E-state index in [0.29, 0.717) is 24.3 Å². The quantitative estimate of drug-likeness (QED) is 0.762. The molecule has 0 saturated carbocycles. The normalized spacial score (nSPS) is 17.2. The molecule has 1 N–H and O–H groups in total. The molecule has 7 heteroatoms. The van der Waals surface area contributed by atoms with Crippen LogP contribution in [-0.4, -0.2) is 37.0 Å². The van der Waals surface area contributed by atoms with Crippen LogP contribution in [0.4, 0.5) is 10.1 Å². The third kappa shape index (κ3) is 4.88. The summed E-state index contributed by atoms with van der Waals surface area (Å²) in [5.74, 6) is -1.13. The third-order valence-electron chi connectivity index (χ3n) is 4.87. The third-order valence-corrected chi connectivity index (χ3v) is 5.20. The van der Waals surface area contributed by atoms with Crippen molar-refractivity contribution >= 4 is 29.2 Å². The second-order valence-electron chi connectivity index (χ2n) is 6.84. The Bertz CT molecular complexity index is 874. The first-order chi connectivity index (χ1) is 13.5. The molecular formula is C21H22ClFN2O3. The summed E-state index contributed by atoms with van der Waals surface area (Å²) in [6.45, 7) is 1.85. The highest BCUT2D eigenvalue weighted by Gasteiger charge is 2.26. The smallest absolute Gasteiger partial charge is 0.339 e. The minimum Gasteiger partial charge on any atom is -0.465 e. The minimum absolute atomic E-state index is 0.128. The van der Waals surface area contributed by atoms with Crippen LogP contribution in [0, 0.1) is 11.7 Å². The molecule has 1 aliphatic rings. The Morgan fingerprint density at radius 3 is 2.82 bits per heavy atom. The number of halogens is 2. The number of hydrogen-bond acceptors (Lipinski definition) is 4. The zero-order valence-corrected chi connectivity index (χ0v) is 16.3. The number of anilines is 1. The van der Waals surface area contributed by atoms with Gasteiger partial charge in [0.2, 0.25) is 5.91 Å². The number of benzene rings is 2. The van der Waals surface area contributed by atoms with E-state index in [1.165, 1.54) is 19.2 Å². The Kier molecular flexibility index (Phi) is 6.65. The molecule has 1 fully saturated rings. The van der Waals surface area contributed by atoms with Gasteiger partial charge < -0.3 is 10.1 Å². The molecule has 2 aromatic carbocycles. The Morgan fingerprint density at radius 2 is 2.07 bits per heavy atom. The van der Waals surface area contributed by atoms with E-state index in [-0.39, 0.29) is 28.2 Å². The van der Waals surface area contributed by atoms with Crippen LogP contribution >= 0.6 is 11.6 Å². The Labute approximate surface area is 168 Å². The van der Waals surface area contributed by atoms with Gasteiger partial charge in [0.05, 0.1) is 23.6 Å². The van der Waals surface area contributed by atoms with Crippen LogP contribution < -0.4 is 5.32 Å². The van der Waals surface area contributed by atoms with Gasteiger partial charge in [0, 0.05) is 24.3 Å². The Hall–Kier alpha value is -2.44. The molecule has 0 bridgehead atoms. The molecule has 1 saturated heterocycles. The Balaban J connectivity index is 1.64. The highest BCUT2D eigenvalue weighted by atomic mass is 35.5. The fraction of sp³-hybridized carbons (Fsp3) is 0.333. The van der Waals surface area contributed by atoms with Crippen molar-refractivity contribution in [3.05, 3.63) is 64.4 Å². The number of amides is 1. The van der Waals surface area contributed by atoms with E-state index in [9.17, 15) is 14.0 Å². The lowest BCUT2D eigenvalue weighted by atomic mass is 9.96. The SMILES string of the molecule is COC(=O)c1cc(NC(=O)C2CCCN(Cc3ccccc3F)C2)ccc1Cl. The molecule has 0 radical (unpaired) electrons. The van der Waals surface area contributed by atoms with Crippen LogP contribution in [0.2, 0.25) is 5.02 Å². The maximum absolute atomic E-state index is 13.9. The highest BCUT2D eigenvalue weighted by Crippen LogP contribution is 2.24. The number of carbonyl (C=O) groups is 2. The maximum atomic E-state index is 13.9. The van der Waals surface area contributed by atoms with Crippen molar-refractivity contribution in [2.24, 2.45) is 5.92 Å². The molecule has 28 heavy (non-hydrogen) atoms. The number of nitrogens with one attached hydrogen (secondary N) is 1. The summed E-state index contributed by atoms with van der Waals surface area (Å²) in [5, 5.41) is 3.11. The lowest BCUT2D eigenvalue weighted by Crippen LogP contribution is -2.40. The number of hydrogen-bond donors (Lipinski definition) is 1. The molecular weight excluding hydrogens is 383 g/mol. The lowest BCUT2D eigenvalue weighted by Gasteiger charge is -2.32. The van der Waals surface area contributed by atoms with Gasteiger partial charge in [-0.15, -0.1) is 0 Å². The largest absolute Gasteiger partial charge is 0.465 e. The van der Waals surface area contributed by atoms with Crippen molar-refractivity contribution in [1.29, 1.82) is 0 Å². The van der Waals surface area contributed by atoms with Crippen LogP contribution in [0.3, 0.4) is 0 Å². The van der Waals surface area contributed by atoms with Crippen molar-refractivity contribution in [2.75, 3.05) is 25.5 Å². The molecule has 2 aromatic rings.